The van der Waals surface area contributed by atoms with Gasteiger partial charge in [-0.15, -0.1) is 0 Å². The maximum Gasteiger partial charge on any atom is 0.434 e. The minimum atomic E-state index is -5.13. The fourth-order valence-corrected chi connectivity index (χ4v) is 4.05. The standard InChI is InChI=1S/C23H19F5N6O2/c1-36-21-17(25)8-15(10-31-21)34-19(23(26,27)28)18(22(35)33-6-2-3-14(30)11-33)32-20(34)12-4-5-13(9-29)16(24)7-12/h4-5,7-8,10,14H,2-3,6,11,30H2,1H3/t14-/m1/s1. The molecule has 0 bridgehead atoms. The molecule has 0 aliphatic carbocycles. The number of methoxy groups -OCH3 is 1. The smallest absolute Gasteiger partial charge is 0.434 e. The molecule has 13 heteroatoms. The maximum absolute atomic E-state index is 14.5. The highest BCUT2D eigenvalue weighted by atomic mass is 19.4. The molecule has 4 rings (SSSR count). The van der Waals surface area contributed by atoms with E-state index in [2.05, 4.69) is 9.97 Å². The highest BCUT2D eigenvalue weighted by Gasteiger charge is 2.44. The van der Waals surface area contributed by atoms with Crippen molar-refractivity contribution in [3.8, 4) is 29.0 Å². The van der Waals surface area contributed by atoms with Crippen molar-refractivity contribution in [1.82, 2.24) is 19.4 Å². The number of benzene rings is 1. The monoisotopic (exact) mass is 506 g/mol. The molecule has 0 radical (unpaired) electrons. The van der Waals surface area contributed by atoms with E-state index >= 15 is 0 Å². The van der Waals surface area contributed by atoms with Gasteiger partial charge in [0, 0.05) is 30.8 Å². The van der Waals surface area contributed by atoms with Crippen molar-refractivity contribution in [3.05, 3.63) is 59.0 Å². The van der Waals surface area contributed by atoms with Gasteiger partial charge in [0.05, 0.1) is 24.6 Å². The van der Waals surface area contributed by atoms with Crippen LogP contribution in [-0.4, -0.2) is 51.6 Å². The van der Waals surface area contributed by atoms with Crippen molar-refractivity contribution < 1.29 is 31.5 Å². The normalized spacial score (nSPS) is 16.1. The highest BCUT2D eigenvalue weighted by molar-refractivity contribution is 5.95. The van der Waals surface area contributed by atoms with Crippen LogP contribution in [0.5, 0.6) is 5.88 Å². The molecule has 1 fully saturated rings. The van der Waals surface area contributed by atoms with Crippen LogP contribution in [-0.2, 0) is 6.18 Å². The van der Waals surface area contributed by atoms with Gasteiger partial charge in [0.2, 0.25) is 5.88 Å². The summed E-state index contributed by atoms with van der Waals surface area (Å²) in [4.78, 5) is 22.1. The molecule has 1 aliphatic heterocycles. The number of aromatic nitrogens is 3. The highest BCUT2D eigenvalue weighted by Crippen LogP contribution is 2.39. The molecule has 188 valence electrons. The van der Waals surface area contributed by atoms with Crippen LogP contribution in [0.3, 0.4) is 0 Å². The molecular weight excluding hydrogens is 487 g/mol. The largest absolute Gasteiger partial charge is 0.479 e. The lowest BCUT2D eigenvalue weighted by Gasteiger charge is -2.30. The number of nitrogens with zero attached hydrogens (tertiary/aromatic N) is 5. The van der Waals surface area contributed by atoms with E-state index in [9.17, 15) is 26.7 Å². The van der Waals surface area contributed by atoms with Crippen molar-refractivity contribution in [2.24, 2.45) is 5.73 Å². The van der Waals surface area contributed by atoms with Gasteiger partial charge in [-0.3, -0.25) is 9.36 Å². The average Bonchev–Trinajstić information content (AvgIpc) is 3.25. The quantitative estimate of drug-likeness (QED) is 0.541. The molecule has 1 amide bonds. The minimum absolute atomic E-state index is 0.0303. The Labute approximate surface area is 201 Å². The number of amides is 1. The summed E-state index contributed by atoms with van der Waals surface area (Å²) in [6.07, 6.45) is -3.11. The summed E-state index contributed by atoms with van der Waals surface area (Å²) in [6, 6.07) is 5.00. The Morgan fingerprint density at radius 1 is 1.25 bits per heavy atom. The van der Waals surface area contributed by atoms with E-state index in [1.165, 1.54) is 11.0 Å². The van der Waals surface area contributed by atoms with Gasteiger partial charge < -0.3 is 15.4 Å². The van der Waals surface area contributed by atoms with E-state index in [4.69, 9.17) is 15.7 Å². The number of imidazole rings is 1. The number of alkyl halides is 3. The van der Waals surface area contributed by atoms with Gasteiger partial charge in [0.15, 0.2) is 17.2 Å². The third-order valence-electron chi connectivity index (χ3n) is 5.69. The Balaban J connectivity index is 2.00. The average molecular weight is 506 g/mol. The Hall–Kier alpha value is -4.05. The first-order valence-electron chi connectivity index (χ1n) is 10.7. The number of nitrogens with two attached hydrogens (primary N) is 1. The number of hydrogen-bond donors (Lipinski definition) is 1. The van der Waals surface area contributed by atoms with Crippen molar-refractivity contribution in [2.75, 3.05) is 20.2 Å². The van der Waals surface area contributed by atoms with Gasteiger partial charge >= 0.3 is 6.18 Å². The van der Waals surface area contributed by atoms with Crippen LogP contribution in [0.15, 0.2) is 30.5 Å². The summed E-state index contributed by atoms with van der Waals surface area (Å²) < 4.78 is 77.5. The zero-order valence-electron chi connectivity index (χ0n) is 18.8. The van der Waals surface area contributed by atoms with Crippen molar-refractivity contribution in [2.45, 2.75) is 25.1 Å². The first kappa shape index (κ1) is 25.1. The van der Waals surface area contributed by atoms with Crippen LogP contribution in [0.4, 0.5) is 22.0 Å². The Morgan fingerprint density at radius 2 is 2.00 bits per heavy atom. The molecule has 0 unspecified atom stereocenters. The van der Waals surface area contributed by atoms with Crippen molar-refractivity contribution in [1.29, 1.82) is 5.26 Å². The number of halogens is 5. The molecule has 3 heterocycles. The lowest BCUT2D eigenvalue weighted by Crippen LogP contribution is -2.46. The Bertz CT molecular complexity index is 1360. The molecule has 1 atom stereocenters. The zero-order chi connectivity index (χ0) is 26.2. The second kappa shape index (κ2) is 9.54. The maximum atomic E-state index is 14.5. The van der Waals surface area contributed by atoms with Gasteiger partial charge in [-0.05, 0) is 31.0 Å². The van der Waals surface area contributed by atoms with E-state index in [1.54, 1.807) is 6.07 Å². The number of likely N-dealkylation sites (tertiary alicyclic amines) is 1. The molecule has 2 N–H and O–H groups in total. The second-order valence-electron chi connectivity index (χ2n) is 8.11. The molecule has 0 spiro atoms. The summed E-state index contributed by atoms with van der Waals surface area (Å²) >= 11 is 0. The third kappa shape index (κ3) is 4.59. The van der Waals surface area contributed by atoms with E-state index in [-0.39, 0.29) is 24.2 Å². The SMILES string of the molecule is COc1ncc(-n2c(-c3ccc(C#N)c(F)c3)nc(C(=O)N3CCC[C@@H](N)C3)c2C(F)(F)F)cc1F. The van der Waals surface area contributed by atoms with Crippen LogP contribution in [0, 0.1) is 23.0 Å². The molecule has 0 saturated carbocycles. The number of ether oxygens (including phenoxy) is 1. The summed E-state index contributed by atoms with van der Waals surface area (Å²) in [7, 11) is 1.13. The van der Waals surface area contributed by atoms with Gasteiger partial charge in [-0.1, -0.05) is 0 Å². The van der Waals surface area contributed by atoms with Crippen LogP contribution in [0.25, 0.3) is 17.1 Å². The summed E-state index contributed by atoms with van der Waals surface area (Å²) in [5, 5.41) is 9.00. The lowest BCUT2D eigenvalue weighted by atomic mass is 10.1. The Kier molecular flexibility index (Phi) is 6.64. The number of nitriles is 1. The fraction of sp³-hybridized carbons (Fsp3) is 0.304. The zero-order valence-corrected chi connectivity index (χ0v) is 18.8. The number of piperidine rings is 1. The minimum Gasteiger partial charge on any atom is -0.479 e. The van der Waals surface area contributed by atoms with E-state index in [1.807, 2.05) is 0 Å². The number of carbonyl (C=O) groups is 1. The number of rotatable bonds is 4. The summed E-state index contributed by atoms with van der Waals surface area (Å²) in [5.74, 6) is -4.05. The van der Waals surface area contributed by atoms with E-state index < -0.39 is 58.5 Å². The first-order valence-corrected chi connectivity index (χ1v) is 10.7. The van der Waals surface area contributed by atoms with Gasteiger partial charge in [0.1, 0.15) is 17.7 Å². The van der Waals surface area contributed by atoms with E-state index in [0.29, 0.717) is 17.4 Å². The van der Waals surface area contributed by atoms with Crippen LogP contribution in [0.2, 0.25) is 0 Å². The summed E-state index contributed by atoms with van der Waals surface area (Å²) in [6.45, 7) is 0.207. The molecular formula is C23H19F5N6O2. The summed E-state index contributed by atoms with van der Waals surface area (Å²) in [5.41, 5.74) is 2.51. The van der Waals surface area contributed by atoms with Crippen molar-refractivity contribution in [3.63, 3.8) is 0 Å². The van der Waals surface area contributed by atoms with Crippen molar-refractivity contribution >= 4 is 5.91 Å². The number of hydrogen-bond acceptors (Lipinski definition) is 6. The predicted octanol–water partition coefficient (Wildman–Crippen LogP) is 3.67. The lowest BCUT2D eigenvalue weighted by molar-refractivity contribution is -0.142. The third-order valence-corrected chi connectivity index (χ3v) is 5.69. The number of carbonyl (C=O) groups excluding carboxylic acids is 1. The van der Waals surface area contributed by atoms with E-state index in [0.717, 1.165) is 31.5 Å². The predicted molar refractivity (Wildman–Crippen MR) is 116 cm³/mol. The van der Waals surface area contributed by atoms with Crippen LogP contribution in [0.1, 0.15) is 34.6 Å². The molecule has 8 nitrogen and oxygen atoms in total. The first-order chi connectivity index (χ1) is 17.0. The van der Waals surface area contributed by atoms with Crippen LogP contribution >= 0.6 is 0 Å². The molecule has 2 aromatic heterocycles. The molecule has 3 aromatic rings. The fourth-order valence-electron chi connectivity index (χ4n) is 4.05. The molecule has 1 aromatic carbocycles. The second-order valence-corrected chi connectivity index (χ2v) is 8.11. The molecule has 1 aliphatic rings. The van der Waals surface area contributed by atoms with Crippen LogP contribution < -0.4 is 10.5 Å². The van der Waals surface area contributed by atoms with Gasteiger partial charge in [-0.2, -0.15) is 18.4 Å². The topological polar surface area (TPSA) is 110 Å². The number of pyridine rings is 1. The Morgan fingerprint density at radius 3 is 2.58 bits per heavy atom. The molecule has 1 saturated heterocycles. The van der Waals surface area contributed by atoms with Gasteiger partial charge in [-0.25, -0.2) is 18.7 Å². The van der Waals surface area contributed by atoms with Gasteiger partial charge in [0.25, 0.3) is 5.91 Å². The molecule has 36 heavy (non-hydrogen) atoms.